The smallest absolute Gasteiger partial charge is 0.0440 e. The predicted octanol–water partition coefficient (Wildman–Crippen LogP) is 5.14. The molecule has 0 saturated heterocycles. The maximum absolute atomic E-state index is 4.82. The summed E-state index contributed by atoms with van der Waals surface area (Å²) in [4.78, 5) is 0. The van der Waals surface area contributed by atoms with Crippen LogP contribution in [0.3, 0.4) is 0 Å². The van der Waals surface area contributed by atoms with Crippen LogP contribution in [0.2, 0.25) is 0 Å². The molecule has 120 valence electrons. The van der Waals surface area contributed by atoms with Crippen molar-refractivity contribution in [2.24, 2.45) is 28.3 Å². The summed E-state index contributed by atoms with van der Waals surface area (Å²) >= 11 is 0. The number of rotatable bonds is 2. The summed E-state index contributed by atoms with van der Waals surface area (Å²) in [5.41, 5.74) is 5.49. The van der Waals surface area contributed by atoms with Crippen LogP contribution in [0.5, 0.6) is 0 Å². The highest BCUT2D eigenvalue weighted by atomic mass is 15.3. The minimum Gasteiger partial charge on any atom is -0.307 e. The second-order valence-corrected chi connectivity index (χ2v) is 8.93. The fourth-order valence-electron chi connectivity index (χ4n) is 4.87. The summed E-state index contributed by atoms with van der Waals surface area (Å²) in [6.07, 6.45) is 13.8. The van der Waals surface area contributed by atoms with E-state index in [1.165, 1.54) is 69.9 Å². The van der Waals surface area contributed by atoms with E-state index in [4.69, 9.17) is 5.10 Å². The van der Waals surface area contributed by atoms with Gasteiger partial charge in [-0.2, -0.15) is 5.10 Å². The third-order valence-electron chi connectivity index (χ3n) is 6.42. The number of fused-ring (bicyclic) bond motifs is 1. The van der Waals surface area contributed by atoms with Gasteiger partial charge in [-0.05, 0) is 74.5 Å². The lowest BCUT2D eigenvalue weighted by molar-refractivity contribution is 0.161. The topological polar surface area (TPSA) is 24.4 Å². The van der Waals surface area contributed by atoms with Crippen LogP contribution in [-0.4, -0.2) is 11.8 Å². The summed E-state index contributed by atoms with van der Waals surface area (Å²) in [7, 11) is 0. The zero-order valence-electron chi connectivity index (χ0n) is 14.3. The Hall–Kier alpha value is -0.530. The Morgan fingerprint density at radius 2 is 1.43 bits per heavy atom. The molecule has 0 bridgehead atoms. The van der Waals surface area contributed by atoms with E-state index in [1.807, 2.05) is 0 Å². The molecule has 1 N–H and O–H groups in total. The Bertz CT molecular complexity index is 356. The molecule has 0 radical (unpaired) electrons. The van der Waals surface area contributed by atoms with Crippen molar-refractivity contribution in [2.75, 3.05) is 0 Å². The Morgan fingerprint density at radius 1 is 0.857 bits per heavy atom. The Morgan fingerprint density at radius 3 is 1.95 bits per heavy atom. The van der Waals surface area contributed by atoms with Gasteiger partial charge >= 0.3 is 0 Å². The fraction of sp³-hybridized carbons (Fsp3) is 0.947. The molecule has 3 aliphatic carbocycles. The van der Waals surface area contributed by atoms with E-state index in [9.17, 15) is 0 Å². The largest absolute Gasteiger partial charge is 0.307 e. The molecule has 2 nitrogen and oxygen atoms in total. The molecular weight excluding hydrogens is 256 g/mol. The number of hydrazone groups is 1. The zero-order valence-corrected chi connectivity index (χ0v) is 14.3. The molecule has 3 saturated carbocycles. The van der Waals surface area contributed by atoms with Crippen LogP contribution in [-0.2, 0) is 0 Å². The number of nitrogens with zero attached hydrogens (tertiary/aromatic N) is 1. The fourth-order valence-corrected chi connectivity index (χ4v) is 4.87. The van der Waals surface area contributed by atoms with Crippen molar-refractivity contribution in [3.05, 3.63) is 0 Å². The van der Waals surface area contributed by atoms with E-state index in [0.717, 1.165) is 17.8 Å². The van der Waals surface area contributed by atoms with Crippen molar-refractivity contribution in [3.8, 4) is 0 Å². The molecule has 3 aliphatic rings. The van der Waals surface area contributed by atoms with Crippen molar-refractivity contribution in [2.45, 2.75) is 91.0 Å². The van der Waals surface area contributed by atoms with Crippen LogP contribution >= 0.6 is 0 Å². The first kappa shape index (κ1) is 15.4. The van der Waals surface area contributed by atoms with Crippen molar-refractivity contribution < 1.29 is 0 Å². The molecular formula is C19H34N2. The van der Waals surface area contributed by atoms with E-state index in [2.05, 4.69) is 26.2 Å². The third-order valence-corrected chi connectivity index (χ3v) is 6.42. The second-order valence-electron chi connectivity index (χ2n) is 8.93. The molecule has 3 fully saturated rings. The molecule has 0 aromatic heterocycles. The van der Waals surface area contributed by atoms with E-state index < -0.39 is 0 Å². The molecule has 0 amide bonds. The minimum absolute atomic E-state index is 0.484. The lowest BCUT2D eigenvalue weighted by atomic mass is 9.71. The van der Waals surface area contributed by atoms with Gasteiger partial charge in [0.25, 0.3) is 0 Å². The average Bonchev–Trinajstić information content (AvgIpc) is 2.87. The van der Waals surface area contributed by atoms with Crippen LogP contribution in [0, 0.1) is 23.2 Å². The predicted molar refractivity (Wildman–Crippen MR) is 90.5 cm³/mol. The summed E-state index contributed by atoms with van der Waals surface area (Å²) in [5, 5.41) is 4.82. The van der Waals surface area contributed by atoms with Gasteiger partial charge in [0.05, 0.1) is 0 Å². The van der Waals surface area contributed by atoms with Gasteiger partial charge in [-0.25, -0.2) is 0 Å². The molecule has 0 spiro atoms. The molecule has 21 heavy (non-hydrogen) atoms. The highest BCUT2D eigenvalue weighted by molar-refractivity contribution is 5.86. The molecule has 0 aliphatic heterocycles. The summed E-state index contributed by atoms with van der Waals surface area (Å²) < 4.78 is 0. The number of nitrogens with one attached hydrogen (secondary N) is 1. The average molecular weight is 290 g/mol. The molecule has 0 heterocycles. The highest BCUT2D eigenvalue weighted by Gasteiger charge is 2.34. The Balaban J connectivity index is 1.45. The summed E-state index contributed by atoms with van der Waals surface area (Å²) in [6.45, 7) is 7.18. The SMILES string of the molecule is CC(C)(C)C1CCC(NN=C2CC3CCCCC3C2)CC1. The monoisotopic (exact) mass is 290 g/mol. The maximum Gasteiger partial charge on any atom is 0.0440 e. The summed E-state index contributed by atoms with van der Waals surface area (Å²) in [6, 6.07) is 0.638. The standard InChI is InChI=1S/C19H34N2/c1-19(2,3)16-8-10-17(11-9-16)20-21-18-12-14-6-4-5-7-15(14)13-18/h14-17,20H,4-13H2,1-3H3. The van der Waals surface area contributed by atoms with Gasteiger partial charge in [0.15, 0.2) is 0 Å². The van der Waals surface area contributed by atoms with Gasteiger partial charge in [0, 0.05) is 11.8 Å². The minimum atomic E-state index is 0.484. The first-order valence-electron chi connectivity index (χ1n) is 9.33. The van der Waals surface area contributed by atoms with E-state index in [-0.39, 0.29) is 0 Å². The van der Waals surface area contributed by atoms with Crippen molar-refractivity contribution in [3.63, 3.8) is 0 Å². The van der Waals surface area contributed by atoms with Gasteiger partial charge in [-0.15, -0.1) is 0 Å². The van der Waals surface area contributed by atoms with Gasteiger partial charge in [0.2, 0.25) is 0 Å². The number of hydrogen-bond acceptors (Lipinski definition) is 2. The molecule has 0 aromatic rings. The van der Waals surface area contributed by atoms with Crippen LogP contribution in [0.25, 0.3) is 0 Å². The van der Waals surface area contributed by atoms with Crippen molar-refractivity contribution in [1.82, 2.24) is 5.43 Å². The van der Waals surface area contributed by atoms with Gasteiger partial charge < -0.3 is 5.43 Å². The van der Waals surface area contributed by atoms with E-state index in [1.54, 1.807) is 0 Å². The van der Waals surface area contributed by atoms with Crippen LogP contribution in [0.15, 0.2) is 5.10 Å². The molecule has 2 unspecified atom stereocenters. The van der Waals surface area contributed by atoms with E-state index >= 15 is 0 Å². The zero-order chi connectivity index (χ0) is 14.9. The third kappa shape index (κ3) is 3.81. The first-order valence-corrected chi connectivity index (χ1v) is 9.33. The molecule has 0 aromatic carbocycles. The van der Waals surface area contributed by atoms with Crippen LogP contribution in [0.1, 0.15) is 85.0 Å². The van der Waals surface area contributed by atoms with E-state index in [0.29, 0.717) is 11.5 Å². The Kier molecular flexibility index (Phi) is 4.61. The van der Waals surface area contributed by atoms with Gasteiger partial charge in [-0.1, -0.05) is 33.6 Å². The number of hydrogen-bond donors (Lipinski definition) is 1. The normalized spacial score (nSPS) is 37.2. The van der Waals surface area contributed by atoms with Crippen molar-refractivity contribution in [1.29, 1.82) is 0 Å². The maximum atomic E-state index is 4.82. The molecule has 2 heteroatoms. The van der Waals surface area contributed by atoms with Gasteiger partial charge in [-0.3, -0.25) is 0 Å². The lowest BCUT2D eigenvalue weighted by Crippen LogP contribution is -2.34. The summed E-state index contributed by atoms with van der Waals surface area (Å²) in [5.74, 6) is 2.84. The lowest BCUT2D eigenvalue weighted by Gasteiger charge is -2.36. The highest BCUT2D eigenvalue weighted by Crippen LogP contribution is 2.41. The molecule has 3 rings (SSSR count). The first-order chi connectivity index (χ1) is 10.0. The molecule has 2 atom stereocenters. The van der Waals surface area contributed by atoms with Crippen LogP contribution in [0.4, 0.5) is 0 Å². The second kappa shape index (κ2) is 6.30. The Labute approximate surface area is 131 Å². The van der Waals surface area contributed by atoms with Gasteiger partial charge in [0.1, 0.15) is 0 Å². The van der Waals surface area contributed by atoms with Crippen molar-refractivity contribution >= 4 is 5.71 Å². The van der Waals surface area contributed by atoms with Crippen LogP contribution < -0.4 is 5.43 Å². The quantitative estimate of drug-likeness (QED) is 0.700.